The van der Waals surface area contributed by atoms with Crippen LogP contribution in [0.3, 0.4) is 0 Å². The summed E-state index contributed by atoms with van der Waals surface area (Å²) in [6, 6.07) is 5.54. The van der Waals surface area contributed by atoms with Gasteiger partial charge in [-0.25, -0.2) is 0 Å². The number of anilines is 1. The summed E-state index contributed by atoms with van der Waals surface area (Å²) >= 11 is 3.27. The summed E-state index contributed by atoms with van der Waals surface area (Å²) in [4.78, 5) is 14.4. The highest BCUT2D eigenvalue weighted by atomic mass is 79.9. The Labute approximate surface area is 128 Å². The lowest BCUT2D eigenvalue weighted by molar-refractivity contribution is -0.384. The third-order valence-corrected chi connectivity index (χ3v) is 3.61. The van der Waals surface area contributed by atoms with E-state index in [1.165, 1.54) is 12.4 Å². The molecule has 1 aliphatic heterocycles. The highest BCUT2D eigenvalue weighted by Gasteiger charge is 2.20. The summed E-state index contributed by atoms with van der Waals surface area (Å²) in [5, 5.41) is 14.1. The zero-order valence-corrected chi connectivity index (χ0v) is 12.3. The second-order valence-corrected chi connectivity index (χ2v) is 5.13. The van der Waals surface area contributed by atoms with E-state index >= 15 is 0 Å². The predicted octanol–water partition coefficient (Wildman–Crippen LogP) is 3.09. The van der Waals surface area contributed by atoms with Crippen LogP contribution >= 0.6 is 15.9 Å². The fourth-order valence-corrected chi connectivity index (χ4v) is 2.51. The first-order valence-electron chi connectivity index (χ1n) is 6.06. The maximum absolute atomic E-state index is 11.0. The van der Waals surface area contributed by atoms with E-state index in [4.69, 9.17) is 9.47 Å². The first kappa shape index (κ1) is 13.6. The van der Waals surface area contributed by atoms with Gasteiger partial charge in [0.2, 0.25) is 6.79 Å². The van der Waals surface area contributed by atoms with Gasteiger partial charge in [0, 0.05) is 18.3 Å². The molecule has 0 unspecified atom stereocenters. The summed E-state index contributed by atoms with van der Waals surface area (Å²) in [5.41, 5.74) is 1.16. The van der Waals surface area contributed by atoms with E-state index in [1.807, 2.05) is 18.2 Å². The minimum absolute atomic E-state index is 0.0888. The van der Waals surface area contributed by atoms with Crippen LogP contribution in [0.2, 0.25) is 0 Å². The third-order valence-electron chi connectivity index (χ3n) is 3.01. The molecule has 3 rings (SSSR count). The van der Waals surface area contributed by atoms with E-state index in [0.717, 1.165) is 5.56 Å². The molecular weight excluding hydrogens is 342 g/mol. The van der Waals surface area contributed by atoms with Gasteiger partial charge in [0.05, 0.1) is 9.40 Å². The van der Waals surface area contributed by atoms with Crippen molar-refractivity contribution in [2.45, 2.75) is 6.54 Å². The largest absolute Gasteiger partial charge is 0.454 e. The van der Waals surface area contributed by atoms with E-state index < -0.39 is 4.92 Å². The molecule has 0 aliphatic carbocycles. The van der Waals surface area contributed by atoms with Crippen LogP contribution < -0.4 is 14.8 Å². The van der Waals surface area contributed by atoms with E-state index in [9.17, 15) is 10.1 Å². The molecule has 0 saturated carbocycles. The highest BCUT2D eigenvalue weighted by molar-refractivity contribution is 9.10. The molecule has 8 heteroatoms. The molecule has 2 heterocycles. The number of hydrogen-bond acceptors (Lipinski definition) is 6. The number of benzene rings is 1. The number of aromatic nitrogens is 1. The fourth-order valence-electron chi connectivity index (χ4n) is 2.05. The van der Waals surface area contributed by atoms with Gasteiger partial charge in [0.25, 0.3) is 0 Å². The molecule has 0 spiro atoms. The summed E-state index contributed by atoms with van der Waals surface area (Å²) in [6.07, 6.45) is 2.71. The monoisotopic (exact) mass is 351 g/mol. The Balaban J connectivity index is 1.86. The number of nitrogens with zero attached hydrogens (tertiary/aromatic N) is 2. The molecule has 1 aromatic carbocycles. The maximum Gasteiger partial charge on any atom is 0.311 e. The molecule has 0 atom stereocenters. The first-order chi connectivity index (χ1) is 10.2. The van der Waals surface area contributed by atoms with Crippen molar-refractivity contribution in [3.05, 3.63) is 50.7 Å². The number of rotatable bonds is 4. The number of nitro groups is 1. The van der Waals surface area contributed by atoms with E-state index in [-0.39, 0.29) is 12.5 Å². The average Bonchev–Trinajstić information content (AvgIpc) is 2.94. The van der Waals surface area contributed by atoms with Crippen molar-refractivity contribution in [2.24, 2.45) is 0 Å². The van der Waals surface area contributed by atoms with Crippen molar-refractivity contribution >= 4 is 27.3 Å². The second-order valence-electron chi connectivity index (χ2n) is 4.28. The molecule has 0 bridgehead atoms. The van der Waals surface area contributed by atoms with Crippen molar-refractivity contribution in [3.63, 3.8) is 0 Å². The molecule has 0 fully saturated rings. The summed E-state index contributed by atoms with van der Waals surface area (Å²) < 4.78 is 11.2. The van der Waals surface area contributed by atoms with Crippen LogP contribution in [0, 0.1) is 10.1 Å². The molecule has 7 nitrogen and oxygen atoms in total. The van der Waals surface area contributed by atoms with Gasteiger partial charge in [-0.15, -0.1) is 0 Å². The molecule has 0 amide bonds. The van der Waals surface area contributed by atoms with Gasteiger partial charge in [-0.2, -0.15) is 0 Å². The molecule has 2 aromatic rings. The van der Waals surface area contributed by atoms with E-state index in [0.29, 0.717) is 28.2 Å². The lowest BCUT2D eigenvalue weighted by Gasteiger charge is -2.10. The fraction of sp³-hybridized carbons (Fsp3) is 0.154. The molecular formula is C13H10BrN3O4. The average molecular weight is 352 g/mol. The van der Waals surface area contributed by atoms with Gasteiger partial charge >= 0.3 is 5.69 Å². The predicted molar refractivity (Wildman–Crippen MR) is 78.5 cm³/mol. The molecule has 0 saturated heterocycles. The van der Waals surface area contributed by atoms with Crippen LogP contribution in [0.15, 0.2) is 35.1 Å². The summed E-state index contributed by atoms with van der Waals surface area (Å²) in [7, 11) is 0. The van der Waals surface area contributed by atoms with Crippen LogP contribution in [0.4, 0.5) is 11.4 Å². The number of hydrogen-bond donors (Lipinski definition) is 1. The van der Waals surface area contributed by atoms with Crippen molar-refractivity contribution in [2.75, 3.05) is 12.1 Å². The van der Waals surface area contributed by atoms with Crippen molar-refractivity contribution in [1.82, 2.24) is 4.98 Å². The third kappa shape index (κ3) is 2.62. The number of pyridine rings is 1. The lowest BCUT2D eigenvalue weighted by Crippen LogP contribution is -2.05. The second kappa shape index (κ2) is 5.57. The molecule has 21 heavy (non-hydrogen) atoms. The zero-order valence-electron chi connectivity index (χ0n) is 10.7. The minimum atomic E-state index is -0.477. The van der Waals surface area contributed by atoms with Gasteiger partial charge < -0.3 is 14.8 Å². The quantitative estimate of drug-likeness (QED) is 0.672. The van der Waals surface area contributed by atoms with E-state index in [1.54, 1.807) is 0 Å². The molecule has 1 N–H and O–H groups in total. The highest BCUT2D eigenvalue weighted by Crippen LogP contribution is 2.37. The van der Waals surface area contributed by atoms with Crippen molar-refractivity contribution < 1.29 is 14.4 Å². The Morgan fingerprint density at radius 3 is 3.05 bits per heavy atom. The van der Waals surface area contributed by atoms with Crippen LogP contribution in [0.1, 0.15) is 5.56 Å². The van der Waals surface area contributed by atoms with Crippen molar-refractivity contribution in [1.29, 1.82) is 0 Å². The van der Waals surface area contributed by atoms with Gasteiger partial charge in [-0.1, -0.05) is 12.1 Å². The van der Waals surface area contributed by atoms with Crippen LogP contribution in [0.5, 0.6) is 11.5 Å². The number of para-hydroxylation sites is 1. The Bertz CT molecular complexity index is 708. The molecule has 1 aliphatic rings. The summed E-state index contributed by atoms with van der Waals surface area (Å²) in [5.74, 6) is 1.34. The number of fused-ring (bicyclic) bond motifs is 1. The first-order valence-corrected chi connectivity index (χ1v) is 6.85. The maximum atomic E-state index is 11.0. The Kier molecular flexibility index (Phi) is 3.61. The summed E-state index contributed by atoms with van der Waals surface area (Å²) in [6.45, 7) is 0.557. The van der Waals surface area contributed by atoms with E-state index in [2.05, 4.69) is 26.2 Å². The molecule has 108 valence electrons. The standard InChI is InChI=1S/C13H10BrN3O4/c14-9-5-15-6-10(17(18)19)12(9)16-4-8-2-1-3-11-13(8)21-7-20-11/h1-3,5-6H,4,7H2,(H,15,16). The zero-order chi connectivity index (χ0) is 14.8. The molecule has 0 radical (unpaired) electrons. The molecule has 1 aromatic heterocycles. The number of ether oxygens (including phenoxy) is 2. The van der Waals surface area contributed by atoms with Gasteiger partial charge in [0.1, 0.15) is 11.9 Å². The number of halogens is 1. The lowest BCUT2D eigenvalue weighted by atomic mass is 10.2. The Hall–Kier alpha value is -2.35. The van der Waals surface area contributed by atoms with Crippen molar-refractivity contribution in [3.8, 4) is 11.5 Å². The SMILES string of the molecule is O=[N+]([O-])c1cncc(Br)c1NCc1cccc2c1OCO2. The topological polar surface area (TPSA) is 86.5 Å². The van der Waals surface area contributed by atoms with Crippen LogP contribution in [-0.4, -0.2) is 16.7 Å². The Morgan fingerprint density at radius 2 is 2.24 bits per heavy atom. The van der Waals surface area contributed by atoms with Gasteiger partial charge in [-0.05, 0) is 22.0 Å². The van der Waals surface area contributed by atoms with Crippen LogP contribution in [-0.2, 0) is 6.54 Å². The van der Waals surface area contributed by atoms with Gasteiger partial charge in [-0.3, -0.25) is 15.1 Å². The van der Waals surface area contributed by atoms with Crippen LogP contribution in [0.25, 0.3) is 0 Å². The number of nitrogens with one attached hydrogen (secondary N) is 1. The minimum Gasteiger partial charge on any atom is -0.454 e. The van der Waals surface area contributed by atoms with Gasteiger partial charge in [0.15, 0.2) is 11.5 Å². The smallest absolute Gasteiger partial charge is 0.311 e. The normalized spacial score (nSPS) is 12.2. The Morgan fingerprint density at radius 1 is 1.38 bits per heavy atom.